The highest BCUT2D eigenvalue weighted by Gasteiger charge is 2.24. The number of carbonyl (C=O) groups is 1. The molecule has 0 spiro atoms. The standard InChI is InChI=1S/C12H20O/c1-9(2)4-6-11-8-10(3)5-7-12(11)13/h4,10-11H,5-8H2,1-3H3. The summed E-state index contributed by atoms with van der Waals surface area (Å²) in [4.78, 5) is 11.5. The van der Waals surface area contributed by atoms with Gasteiger partial charge in [-0.1, -0.05) is 18.6 Å². The van der Waals surface area contributed by atoms with E-state index in [2.05, 4.69) is 26.8 Å². The van der Waals surface area contributed by atoms with Crippen LogP contribution in [0.2, 0.25) is 0 Å². The normalized spacial score (nSPS) is 28.7. The SMILES string of the molecule is CC(C)=CCC1CC(C)CCC1=O. The van der Waals surface area contributed by atoms with E-state index in [1.54, 1.807) is 0 Å². The predicted molar refractivity (Wildman–Crippen MR) is 55.6 cm³/mol. The summed E-state index contributed by atoms with van der Waals surface area (Å²) in [6.45, 7) is 6.44. The Morgan fingerprint density at radius 1 is 1.54 bits per heavy atom. The van der Waals surface area contributed by atoms with Gasteiger partial charge in [0.05, 0.1) is 0 Å². The van der Waals surface area contributed by atoms with Crippen molar-refractivity contribution in [2.24, 2.45) is 11.8 Å². The van der Waals surface area contributed by atoms with Crippen molar-refractivity contribution in [1.82, 2.24) is 0 Å². The molecule has 2 atom stereocenters. The molecule has 1 fully saturated rings. The molecule has 1 saturated carbocycles. The summed E-state index contributed by atoms with van der Waals surface area (Å²) >= 11 is 0. The summed E-state index contributed by atoms with van der Waals surface area (Å²) in [5.74, 6) is 1.54. The first-order valence-corrected chi connectivity index (χ1v) is 5.25. The van der Waals surface area contributed by atoms with Gasteiger partial charge in [-0.25, -0.2) is 0 Å². The molecule has 0 aromatic rings. The Morgan fingerprint density at radius 2 is 2.23 bits per heavy atom. The highest BCUT2D eigenvalue weighted by molar-refractivity contribution is 5.81. The van der Waals surface area contributed by atoms with Gasteiger partial charge in [0.15, 0.2) is 0 Å². The first-order chi connectivity index (χ1) is 6.09. The first-order valence-electron chi connectivity index (χ1n) is 5.25. The van der Waals surface area contributed by atoms with Gasteiger partial charge in [-0.2, -0.15) is 0 Å². The molecule has 1 aliphatic carbocycles. The van der Waals surface area contributed by atoms with Gasteiger partial charge in [-0.05, 0) is 39.0 Å². The monoisotopic (exact) mass is 180 g/mol. The molecule has 0 heterocycles. The second-order valence-electron chi connectivity index (χ2n) is 4.56. The van der Waals surface area contributed by atoms with Crippen LogP contribution in [0.5, 0.6) is 0 Å². The Morgan fingerprint density at radius 3 is 2.85 bits per heavy atom. The molecule has 0 N–H and O–H groups in total. The van der Waals surface area contributed by atoms with E-state index in [1.807, 2.05) is 0 Å². The minimum Gasteiger partial charge on any atom is -0.299 e. The van der Waals surface area contributed by atoms with Crippen molar-refractivity contribution in [1.29, 1.82) is 0 Å². The minimum absolute atomic E-state index is 0.318. The highest BCUT2D eigenvalue weighted by atomic mass is 16.1. The fourth-order valence-electron chi connectivity index (χ4n) is 1.93. The van der Waals surface area contributed by atoms with Crippen LogP contribution >= 0.6 is 0 Å². The van der Waals surface area contributed by atoms with Crippen LogP contribution in [0.25, 0.3) is 0 Å². The zero-order chi connectivity index (χ0) is 9.84. The molecule has 0 aromatic heterocycles. The van der Waals surface area contributed by atoms with E-state index in [0.717, 1.165) is 31.6 Å². The number of hydrogen-bond donors (Lipinski definition) is 0. The highest BCUT2D eigenvalue weighted by Crippen LogP contribution is 2.28. The van der Waals surface area contributed by atoms with Crippen molar-refractivity contribution >= 4 is 5.78 Å². The third kappa shape index (κ3) is 3.33. The molecule has 0 bridgehead atoms. The van der Waals surface area contributed by atoms with Crippen LogP contribution in [0.3, 0.4) is 0 Å². The van der Waals surface area contributed by atoms with Crippen molar-refractivity contribution < 1.29 is 4.79 Å². The van der Waals surface area contributed by atoms with E-state index in [0.29, 0.717) is 11.7 Å². The smallest absolute Gasteiger partial charge is 0.136 e. The summed E-state index contributed by atoms with van der Waals surface area (Å²) in [6, 6.07) is 0. The fourth-order valence-corrected chi connectivity index (χ4v) is 1.93. The van der Waals surface area contributed by atoms with E-state index in [4.69, 9.17) is 0 Å². The zero-order valence-corrected chi connectivity index (χ0v) is 8.97. The lowest BCUT2D eigenvalue weighted by molar-refractivity contribution is -0.125. The third-order valence-corrected chi connectivity index (χ3v) is 2.84. The van der Waals surface area contributed by atoms with Crippen molar-refractivity contribution in [3.63, 3.8) is 0 Å². The topological polar surface area (TPSA) is 17.1 Å². The van der Waals surface area contributed by atoms with E-state index in [9.17, 15) is 4.79 Å². The summed E-state index contributed by atoms with van der Waals surface area (Å²) in [5, 5.41) is 0. The van der Waals surface area contributed by atoms with E-state index in [1.165, 1.54) is 5.57 Å². The summed E-state index contributed by atoms with van der Waals surface area (Å²) in [6.07, 6.45) is 6.17. The lowest BCUT2D eigenvalue weighted by Crippen LogP contribution is -2.23. The number of carbonyl (C=O) groups excluding carboxylic acids is 1. The molecule has 2 unspecified atom stereocenters. The summed E-state index contributed by atoms with van der Waals surface area (Å²) < 4.78 is 0. The van der Waals surface area contributed by atoms with Gasteiger partial charge in [0, 0.05) is 12.3 Å². The van der Waals surface area contributed by atoms with Gasteiger partial charge in [0.25, 0.3) is 0 Å². The number of hydrogen-bond acceptors (Lipinski definition) is 1. The van der Waals surface area contributed by atoms with Gasteiger partial charge >= 0.3 is 0 Å². The van der Waals surface area contributed by atoms with Crippen LogP contribution in [0.4, 0.5) is 0 Å². The van der Waals surface area contributed by atoms with Crippen molar-refractivity contribution in [3.05, 3.63) is 11.6 Å². The molecule has 1 nitrogen and oxygen atoms in total. The van der Waals surface area contributed by atoms with Gasteiger partial charge in [0.2, 0.25) is 0 Å². The predicted octanol–water partition coefficient (Wildman–Crippen LogP) is 3.35. The molecule has 74 valence electrons. The molecule has 0 radical (unpaired) electrons. The van der Waals surface area contributed by atoms with Crippen molar-refractivity contribution in [3.8, 4) is 0 Å². The average molecular weight is 180 g/mol. The Balaban J connectivity index is 2.47. The minimum atomic E-state index is 0.318. The van der Waals surface area contributed by atoms with Crippen LogP contribution in [-0.4, -0.2) is 5.78 Å². The Labute approximate surface area is 81.2 Å². The Bertz CT molecular complexity index is 211. The van der Waals surface area contributed by atoms with Crippen molar-refractivity contribution in [2.75, 3.05) is 0 Å². The van der Waals surface area contributed by atoms with Gasteiger partial charge < -0.3 is 0 Å². The molecule has 1 heteroatoms. The van der Waals surface area contributed by atoms with E-state index >= 15 is 0 Å². The maximum absolute atomic E-state index is 11.5. The lowest BCUT2D eigenvalue weighted by atomic mass is 9.79. The molecule has 0 aromatic carbocycles. The van der Waals surface area contributed by atoms with Crippen molar-refractivity contribution in [2.45, 2.75) is 46.5 Å². The maximum atomic E-state index is 11.5. The molecule has 0 amide bonds. The van der Waals surface area contributed by atoms with Crippen LogP contribution in [0.1, 0.15) is 46.5 Å². The number of allylic oxidation sites excluding steroid dienone is 2. The van der Waals surface area contributed by atoms with E-state index in [-0.39, 0.29) is 0 Å². The Kier molecular flexibility index (Phi) is 3.71. The largest absolute Gasteiger partial charge is 0.299 e. The van der Waals surface area contributed by atoms with Crippen LogP contribution in [0, 0.1) is 11.8 Å². The molecule has 1 rings (SSSR count). The molecular formula is C12H20O. The van der Waals surface area contributed by atoms with E-state index < -0.39 is 0 Å². The fraction of sp³-hybridized carbons (Fsp3) is 0.750. The molecule has 0 aliphatic heterocycles. The second kappa shape index (κ2) is 4.59. The first kappa shape index (κ1) is 10.5. The van der Waals surface area contributed by atoms with Crippen LogP contribution < -0.4 is 0 Å². The molecular weight excluding hydrogens is 160 g/mol. The lowest BCUT2D eigenvalue weighted by Gasteiger charge is -2.24. The van der Waals surface area contributed by atoms with Gasteiger partial charge in [0.1, 0.15) is 5.78 Å². The third-order valence-electron chi connectivity index (χ3n) is 2.84. The number of rotatable bonds is 2. The second-order valence-corrected chi connectivity index (χ2v) is 4.56. The number of ketones is 1. The van der Waals surface area contributed by atoms with Gasteiger partial charge in [-0.15, -0.1) is 0 Å². The molecule has 1 aliphatic rings. The quantitative estimate of drug-likeness (QED) is 0.596. The molecule has 13 heavy (non-hydrogen) atoms. The average Bonchev–Trinajstić information content (AvgIpc) is 2.06. The Hall–Kier alpha value is -0.590. The zero-order valence-electron chi connectivity index (χ0n) is 8.97. The van der Waals surface area contributed by atoms with Crippen LogP contribution in [0.15, 0.2) is 11.6 Å². The summed E-state index contributed by atoms with van der Waals surface area (Å²) in [5.41, 5.74) is 1.33. The maximum Gasteiger partial charge on any atom is 0.136 e. The summed E-state index contributed by atoms with van der Waals surface area (Å²) in [7, 11) is 0. The van der Waals surface area contributed by atoms with Gasteiger partial charge in [-0.3, -0.25) is 4.79 Å². The molecule has 0 saturated heterocycles. The van der Waals surface area contributed by atoms with Crippen LogP contribution in [-0.2, 0) is 4.79 Å². The number of Topliss-reactive ketones (excluding diaryl/α,β-unsaturated/α-hetero) is 1.